The summed E-state index contributed by atoms with van der Waals surface area (Å²) >= 11 is -2.57. The molecule has 1 aromatic heterocycles. The summed E-state index contributed by atoms with van der Waals surface area (Å²) in [5, 5.41) is 1.08. The quantitative estimate of drug-likeness (QED) is 0.176. The van der Waals surface area contributed by atoms with Gasteiger partial charge in [0.15, 0.2) is 0 Å². The zero-order chi connectivity index (χ0) is 28.1. The summed E-state index contributed by atoms with van der Waals surface area (Å²) in [6.45, 7) is -0.246. The van der Waals surface area contributed by atoms with Crippen molar-refractivity contribution in [3.8, 4) is 22.5 Å². The molecule has 39 heavy (non-hydrogen) atoms. The molecule has 0 amide bonds. The lowest BCUT2D eigenvalue weighted by Gasteiger charge is -2.12. The first-order valence-electron chi connectivity index (χ1n) is 11.1. The summed E-state index contributed by atoms with van der Waals surface area (Å²) in [5.74, 6) is -0.730. The smallest absolute Gasteiger partial charge is 0.418 e. The van der Waals surface area contributed by atoms with E-state index < -0.39 is 51.6 Å². The molecule has 0 fully saturated rings. The second-order valence-corrected chi connectivity index (χ2v) is 9.33. The average Bonchev–Trinajstić information content (AvgIpc) is 3.29. The van der Waals surface area contributed by atoms with Crippen LogP contribution < -0.4 is 4.72 Å². The van der Waals surface area contributed by atoms with Gasteiger partial charge < -0.3 is 9.54 Å². The molecule has 0 spiro atoms. The third-order valence-electron chi connectivity index (χ3n) is 6.14. The lowest BCUT2D eigenvalue weighted by Crippen LogP contribution is -2.16. The predicted molar refractivity (Wildman–Crippen MR) is 130 cm³/mol. The van der Waals surface area contributed by atoms with Gasteiger partial charge in [-0.15, -0.1) is 0 Å². The Morgan fingerprint density at radius 3 is 2.15 bits per heavy atom. The second-order valence-electron chi connectivity index (χ2n) is 8.57. The maximum absolute atomic E-state index is 14.7. The van der Waals surface area contributed by atoms with Gasteiger partial charge in [0.05, 0.1) is 16.6 Å². The molecule has 1 unspecified atom stereocenters. The number of benzene rings is 4. The third-order valence-corrected chi connectivity index (χ3v) is 6.52. The minimum Gasteiger partial charge on any atom is -0.760 e. The van der Waals surface area contributed by atoms with E-state index in [1.807, 2.05) is 0 Å². The Balaban J connectivity index is 1.65. The maximum Gasteiger partial charge on any atom is 0.418 e. The van der Waals surface area contributed by atoms with Gasteiger partial charge in [0.2, 0.25) is 0 Å². The van der Waals surface area contributed by atoms with Crippen molar-refractivity contribution in [1.29, 1.82) is 0 Å². The average molecular weight is 566 g/mol. The molecule has 0 aliphatic rings. The van der Waals surface area contributed by atoms with Gasteiger partial charge in [0, 0.05) is 28.9 Å². The van der Waals surface area contributed by atoms with Gasteiger partial charge in [-0.1, -0.05) is 42.5 Å². The number of nitrogens with one attached hydrogen (secondary N) is 2. The van der Waals surface area contributed by atoms with Crippen LogP contribution in [0.2, 0.25) is 0 Å². The number of aromatic amines is 1. The van der Waals surface area contributed by atoms with Gasteiger partial charge in [-0.3, -0.25) is 4.21 Å². The number of aromatic nitrogens is 2. The van der Waals surface area contributed by atoms with E-state index in [2.05, 4.69) is 14.7 Å². The molecule has 202 valence electrons. The zero-order valence-electron chi connectivity index (χ0n) is 19.4. The number of hydrogen-bond donors (Lipinski definition) is 2. The van der Waals surface area contributed by atoms with Crippen LogP contribution in [0.1, 0.15) is 16.7 Å². The predicted octanol–water partition coefficient (Wildman–Crippen LogP) is 7.11. The number of alkyl halides is 6. The molecule has 5 nitrogen and oxygen atoms in total. The van der Waals surface area contributed by atoms with Gasteiger partial charge in [0.25, 0.3) is 0 Å². The fourth-order valence-corrected chi connectivity index (χ4v) is 4.65. The van der Waals surface area contributed by atoms with Crippen molar-refractivity contribution < 1.29 is 39.5 Å². The number of nitrogens with zero attached hydrogens (tertiary/aromatic N) is 1. The van der Waals surface area contributed by atoms with E-state index in [-0.39, 0.29) is 24.0 Å². The van der Waals surface area contributed by atoms with Crippen molar-refractivity contribution >= 4 is 33.1 Å². The van der Waals surface area contributed by atoms with Crippen molar-refractivity contribution in [2.45, 2.75) is 18.9 Å². The van der Waals surface area contributed by atoms with Gasteiger partial charge in [-0.25, -0.2) is 14.1 Å². The summed E-state index contributed by atoms with van der Waals surface area (Å²) < 4.78 is 119. The monoisotopic (exact) mass is 566 g/mol. The molecule has 1 atom stereocenters. The normalized spacial score (nSPS) is 13.3. The van der Waals surface area contributed by atoms with Crippen LogP contribution in [0.5, 0.6) is 0 Å². The highest BCUT2D eigenvalue weighted by Gasteiger charge is 2.39. The molecule has 1 heterocycles. The molecule has 13 heteroatoms. The highest BCUT2D eigenvalue weighted by Crippen LogP contribution is 2.41. The Morgan fingerprint density at radius 1 is 0.872 bits per heavy atom. The topological polar surface area (TPSA) is 80.8 Å². The van der Waals surface area contributed by atoms with Gasteiger partial charge >= 0.3 is 12.4 Å². The SMILES string of the molecule is O=S([O-])NCc1ccc(-c2ccc(-c3nc4c(C(F)(F)F)cc(C(F)(F)F)cc4[nH]3)c3ccccc23)cc1F. The van der Waals surface area contributed by atoms with Crippen LogP contribution in [0.3, 0.4) is 0 Å². The van der Waals surface area contributed by atoms with Crippen molar-refractivity contribution in [2.75, 3.05) is 0 Å². The minimum atomic E-state index is -5.08. The Morgan fingerprint density at radius 2 is 1.54 bits per heavy atom. The Kier molecular flexibility index (Phi) is 6.69. The van der Waals surface area contributed by atoms with Crippen LogP contribution >= 0.6 is 0 Å². The van der Waals surface area contributed by atoms with Crippen molar-refractivity contribution in [2.24, 2.45) is 0 Å². The zero-order valence-corrected chi connectivity index (χ0v) is 20.2. The number of imidazole rings is 1. The molecule has 0 aliphatic carbocycles. The number of rotatable bonds is 5. The van der Waals surface area contributed by atoms with E-state index >= 15 is 0 Å². The molecular weight excluding hydrogens is 551 g/mol. The first-order valence-corrected chi connectivity index (χ1v) is 12.2. The molecule has 0 saturated heterocycles. The molecule has 0 radical (unpaired) electrons. The number of H-pyrrole nitrogens is 1. The largest absolute Gasteiger partial charge is 0.760 e. The molecular formula is C26H15F7N3O2S-. The Hall–Kier alpha value is -3.81. The van der Waals surface area contributed by atoms with Crippen LogP contribution in [-0.4, -0.2) is 18.7 Å². The molecule has 5 rings (SSSR count). The summed E-state index contributed by atoms with van der Waals surface area (Å²) in [7, 11) is 0. The van der Waals surface area contributed by atoms with Crippen LogP contribution in [0.4, 0.5) is 30.7 Å². The molecule has 0 bridgehead atoms. The van der Waals surface area contributed by atoms with E-state index in [9.17, 15) is 39.5 Å². The van der Waals surface area contributed by atoms with E-state index in [0.717, 1.165) is 0 Å². The van der Waals surface area contributed by atoms with Crippen molar-refractivity contribution in [3.05, 3.63) is 89.2 Å². The Bertz CT molecular complexity index is 1750. The maximum atomic E-state index is 14.7. The molecule has 4 aromatic carbocycles. The van der Waals surface area contributed by atoms with E-state index in [1.54, 1.807) is 36.4 Å². The molecule has 0 saturated carbocycles. The van der Waals surface area contributed by atoms with Gasteiger partial charge in [0.1, 0.15) is 17.2 Å². The van der Waals surface area contributed by atoms with Crippen molar-refractivity contribution in [3.63, 3.8) is 0 Å². The van der Waals surface area contributed by atoms with Gasteiger partial charge in [-0.05, 0) is 46.2 Å². The van der Waals surface area contributed by atoms with Gasteiger partial charge in [-0.2, -0.15) is 26.3 Å². The number of halogens is 7. The Labute approximate surface area is 218 Å². The summed E-state index contributed by atoms with van der Waals surface area (Å²) in [6, 6.07) is 14.7. The number of fused-ring (bicyclic) bond motifs is 2. The van der Waals surface area contributed by atoms with Crippen LogP contribution in [0, 0.1) is 5.82 Å². The summed E-state index contributed by atoms with van der Waals surface area (Å²) in [6.07, 6.45) is -10.1. The lowest BCUT2D eigenvalue weighted by atomic mass is 9.94. The molecule has 5 aromatic rings. The standard InChI is InChI=1S/C26H16F7N3O2S/c27-21-9-13(5-6-14(21)12-34-39(37)38)16-7-8-19(18-4-2-1-3-17(16)18)24-35-22-11-15(25(28,29)30)10-20(23(22)36-24)26(31,32)33/h1-11,34H,12H2,(H,35,36)(H,37,38)/p-1. The summed E-state index contributed by atoms with van der Waals surface area (Å²) in [4.78, 5) is 6.62. The second kappa shape index (κ2) is 9.74. The van der Waals surface area contributed by atoms with E-state index in [4.69, 9.17) is 0 Å². The fourth-order valence-electron chi connectivity index (χ4n) is 4.38. The number of hydrogen-bond acceptors (Lipinski definition) is 3. The third kappa shape index (κ3) is 5.24. The first-order chi connectivity index (χ1) is 18.3. The fraction of sp³-hybridized carbons (Fsp3) is 0.115. The molecule has 0 aliphatic heterocycles. The van der Waals surface area contributed by atoms with Crippen LogP contribution in [-0.2, 0) is 30.2 Å². The summed E-state index contributed by atoms with van der Waals surface area (Å²) in [5.41, 5.74) is -2.60. The van der Waals surface area contributed by atoms with E-state index in [0.29, 0.717) is 33.5 Å². The van der Waals surface area contributed by atoms with E-state index in [1.165, 1.54) is 18.2 Å². The lowest BCUT2D eigenvalue weighted by molar-refractivity contribution is -0.142. The van der Waals surface area contributed by atoms with Crippen LogP contribution in [0.25, 0.3) is 44.3 Å². The van der Waals surface area contributed by atoms with Crippen molar-refractivity contribution in [1.82, 2.24) is 14.7 Å². The minimum absolute atomic E-state index is 0.0383. The molecule has 2 N–H and O–H groups in total. The first kappa shape index (κ1) is 26.8. The highest BCUT2D eigenvalue weighted by molar-refractivity contribution is 7.77. The van der Waals surface area contributed by atoms with Crippen LogP contribution in [0.15, 0.2) is 66.7 Å². The highest BCUT2D eigenvalue weighted by atomic mass is 32.2.